The van der Waals surface area contributed by atoms with Crippen LogP contribution in [0.25, 0.3) is 0 Å². The number of benzene rings is 1. The average Bonchev–Trinajstić information content (AvgIpc) is 3.20. The normalized spacial score (nSPS) is 17.0. The molecule has 3 rings (SSSR count). The number of carbonyl (C=O) groups excluding carboxylic acids is 1. The van der Waals surface area contributed by atoms with Crippen molar-refractivity contribution < 1.29 is 28.9 Å². The number of nitrogens with one attached hydrogen (secondary N) is 1. The predicted octanol–water partition coefficient (Wildman–Crippen LogP) is 2.20. The van der Waals surface area contributed by atoms with Crippen LogP contribution < -0.4 is 14.8 Å². The van der Waals surface area contributed by atoms with E-state index in [2.05, 4.69) is 10.3 Å². The molecule has 1 saturated heterocycles. The minimum Gasteiger partial charge on any atom is -0.482 e. The molecule has 0 spiro atoms. The van der Waals surface area contributed by atoms with Gasteiger partial charge in [-0.25, -0.2) is 9.78 Å². The SMILES string of the molecule is CC(NC(=O)c1ccnc(OC2CCOC2)c1)c1ccc(OCC(=O)O)cc1. The van der Waals surface area contributed by atoms with Crippen molar-refractivity contribution in [1.29, 1.82) is 0 Å². The summed E-state index contributed by atoms with van der Waals surface area (Å²) in [4.78, 5) is 27.2. The van der Waals surface area contributed by atoms with Gasteiger partial charge in [-0.1, -0.05) is 12.1 Å². The van der Waals surface area contributed by atoms with Gasteiger partial charge in [0, 0.05) is 24.2 Å². The number of rotatable bonds is 8. The van der Waals surface area contributed by atoms with Crippen molar-refractivity contribution in [2.75, 3.05) is 19.8 Å². The fourth-order valence-electron chi connectivity index (χ4n) is 2.75. The number of carbonyl (C=O) groups is 2. The number of pyridine rings is 1. The molecular formula is C20H22N2O6. The number of nitrogens with zero attached hydrogens (tertiary/aromatic N) is 1. The van der Waals surface area contributed by atoms with E-state index in [1.165, 1.54) is 0 Å². The molecule has 2 aromatic rings. The second-order valence-electron chi connectivity index (χ2n) is 6.43. The van der Waals surface area contributed by atoms with Crippen molar-refractivity contribution in [3.8, 4) is 11.6 Å². The maximum Gasteiger partial charge on any atom is 0.341 e. The highest BCUT2D eigenvalue weighted by Gasteiger charge is 2.19. The molecule has 2 N–H and O–H groups in total. The van der Waals surface area contributed by atoms with Gasteiger partial charge in [-0.3, -0.25) is 4.79 Å². The van der Waals surface area contributed by atoms with Crippen LogP contribution in [0.1, 0.15) is 35.3 Å². The molecule has 8 nitrogen and oxygen atoms in total. The van der Waals surface area contributed by atoms with Crippen LogP contribution in [0.15, 0.2) is 42.6 Å². The molecule has 2 heterocycles. The lowest BCUT2D eigenvalue weighted by molar-refractivity contribution is -0.139. The quantitative estimate of drug-likeness (QED) is 0.716. The fraction of sp³-hybridized carbons (Fsp3) is 0.350. The number of ether oxygens (including phenoxy) is 3. The van der Waals surface area contributed by atoms with Gasteiger partial charge in [0.05, 0.1) is 19.3 Å². The van der Waals surface area contributed by atoms with Gasteiger partial charge >= 0.3 is 5.97 Å². The summed E-state index contributed by atoms with van der Waals surface area (Å²) in [5.74, 6) is -0.424. The van der Waals surface area contributed by atoms with Gasteiger partial charge in [-0.05, 0) is 30.7 Å². The monoisotopic (exact) mass is 386 g/mol. The Kier molecular flexibility index (Phi) is 6.44. The Morgan fingerprint density at radius 3 is 2.79 bits per heavy atom. The third kappa shape index (κ3) is 5.43. The van der Waals surface area contributed by atoms with Crippen molar-refractivity contribution in [3.05, 3.63) is 53.7 Å². The standard InChI is InChI=1S/C20H22N2O6/c1-13(14-2-4-16(5-3-14)27-12-19(23)24)22-20(25)15-6-8-21-18(10-15)28-17-7-9-26-11-17/h2-6,8,10,13,17H,7,9,11-12H2,1H3,(H,22,25)(H,23,24). The molecule has 1 aliphatic rings. The third-order valence-electron chi connectivity index (χ3n) is 4.26. The molecule has 1 amide bonds. The second-order valence-corrected chi connectivity index (χ2v) is 6.43. The zero-order valence-electron chi connectivity index (χ0n) is 15.5. The maximum atomic E-state index is 12.6. The first-order valence-electron chi connectivity index (χ1n) is 8.97. The van der Waals surface area contributed by atoms with Crippen LogP contribution in [0.4, 0.5) is 0 Å². The number of aliphatic carboxylic acids is 1. The van der Waals surface area contributed by atoms with Crippen molar-refractivity contribution in [3.63, 3.8) is 0 Å². The summed E-state index contributed by atoms with van der Waals surface area (Å²) in [6.45, 7) is 2.66. The number of hydrogen-bond acceptors (Lipinski definition) is 6. The first kappa shape index (κ1) is 19.6. The molecule has 2 atom stereocenters. The van der Waals surface area contributed by atoms with E-state index >= 15 is 0 Å². The molecule has 1 aromatic heterocycles. The molecule has 1 fully saturated rings. The van der Waals surface area contributed by atoms with Crippen LogP contribution in [0.3, 0.4) is 0 Å². The molecule has 1 aromatic carbocycles. The van der Waals surface area contributed by atoms with Crippen molar-refractivity contribution in [1.82, 2.24) is 10.3 Å². The Hall–Kier alpha value is -3.13. The Morgan fingerprint density at radius 2 is 2.11 bits per heavy atom. The van der Waals surface area contributed by atoms with Gasteiger partial charge in [0.1, 0.15) is 11.9 Å². The number of carboxylic acids is 1. The number of carboxylic acid groups (broad SMARTS) is 1. The van der Waals surface area contributed by atoms with Gasteiger partial charge in [0.15, 0.2) is 6.61 Å². The Morgan fingerprint density at radius 1 is 1.32 bits per heavy atom. The molecule has 0 radical (unpaired) electrons. The second kappa shape index (κ2) is 9.18. The van der Waals surface area contributed by atoms with Crippen molar-refractivity contribution in [2.45, 2.75) is 25.5 Å². The average molecular weight is 386 g/mol. The fourth-order valence-corrected chi connectivity index (χ4v) is 2.75. The summed E-state index contributed by atoms with van der Waals surface area (Å²) >= 11 is 0. The van der Waals surface area contributed by atoms with E-state index in [0.29, 0.717) is 30.4 Å². The minimum absolute atomic E-state index is 0.0356. The summed E-state index contributed by atoms with van der Waals surface area (Å²) < 4.78 is 16.1. The molecule has 2 unspecified atom stereocenters. The van der Waals surface area contributed by atoms with Crippen LogP contribution in [-0.4, -0.2) is 47.9 Å². The highest BCUT2D eigenvalue weighted by atomic mass is 16.5. The van der Waals surface area contributed by atoms with E-state index in [1.54, 1.807) is 42.6 Å². The summed E-state index contributed by atoms with van der Waals surface area (Å²) in [5, 5.41) is 11.6. The topological polar surface area (TPSA) is 107 Å². The largest absolute Gasteiger partial charge is 0.482 e. The van der Waals surface area contributed by atoms with E-state index in [-0.39, 0.29) is 18.1 Å². The third-order valence-corrected chi connectivity index (χ3v) is 4.26. The summed E-state index contributed by atoms with van der Waals surface area (Å²) in [5.41, 5.74) is 1.32. The lowest BCUT2D eigenvalue weighted by atomic mass is 10.1. The predicted molar refractivity (Wildman–Crippen MR) is 99.5 cm³/mol. The molecule has 0 saturated carbocycles. The molecular weight excluding hydrogens is 364 g/mol. The lowest BCUT2D eigenvalue weighted by Crippen LogP contribution is -2.26. The Balaban J connectivity index is 1.58. The van der Waals surface area contributed by atoms with E-state index < -0.39 is 12.6 Å². The Labute approximate surface area is 162 Å². The van der Waals surface area contributed by atoms with Crippen molar-refractivity contribution >= 4 is 11.9 Å². The minimum atomic E-state index is -1.04. The first-order valence-corrected chi connectivity index (χ1v) is 8.97. The highest BCUT2D eigenvalue weighted by molar-refractivity contribution is 5.94. The van der Waals surface area contributed by atoms with Crippen LogP contribution in [0.2, 0.25) is 0 Å². The molecule has 28 heavy (non-hydrogen) atoms. The first-order chi connectivity index (χ1) is 13.5. The van der Waals surface area contributed by atoms with E-state index in [9.17, 15) is 9.59 Å². The smallest absolute Gasteiger partial charge is 0.341 e. The lowest BCUT2D eigenvalue weighted by Gasteiger charge is -2.16. The Bertz CT molecular complexity index is 818. The van der Waals surface area contributed by atoms with Crippen LogP contribution in [0, 0.1) is 0 Å². The van der Waals surface area contributed by atoms with Crippen LogP contribution >= 0.6 is 0 Å². The zero-order valence-corrected chi connectivity index (χ0v) is 15.5. The van der Waals surface area contributed by atoms with Gasteiger partial charge < -0.3 is 24.6 Å². The summed E-state index contributed by atoms with van der Waals surface area (Å²) in [7, 11) is 0. The molecule has 0 bridgehead atoms. The molecule has 8 heteroatoms. The van der Waals surface area contributed by atoms with Crippen molar-refractivity contribution in [2.24, 2.45) is 0 Å². The van der Waals surface area contributed by atoms with E-state index in [0.717, 1.165) is 12.0 Å². The zero-order chi connectivity index (χ0) is 19.9. The summed E-state index contributed by atoms with van der Waals surface area (Å²) in [6, 6.07) is 9.90. The number of hydrogen-bond donors (Lipinski definition) is 2. The van der Waals surface area contributed by atoms with Gasteiger partial charge in [0.25, 0.3) is 5.91 Å². The van der Waals surface area contributed by atoms with E-state index in [1.807, 2.05) is 6.92 Å². The highest BCUT2D eigenvalue weighted by Crippen LogP contribution is 2.19. The van der Waals surface area contributed by atoms with Gasteiger partial charge in [0.2, 0.25) is 5.88 Å². The van der Waals surface area contributed by atoms with Crippen LogP contribution in [0.5, 0.6) is 11.6 Å². The van der Waals surface area contributed by atoms with Gasteiger partial charge in [-0.2, -0.15) is 0 Å². The van der Waals surface area contributed by atoms with E-state index in [4.69, 9.17) is 19.3 Å². The maximum absolute atomic E-state index is 12.6. The summed E-state index contributed by atoms with van der Waals surface area (Å²) in [6.07, 6.45) is 2.31. The number of amides is 1. The number of aromatic nitrogens is 1. The van der Waals surface area contributed by atoms with Gasteiger partial charge in [-0.15, -0.1) is 0 Å². The molecule has 0 aliphatic carbocycles. The molecule has 1 aliphatic heterocycles. The molecule has 148 valence electrons. The van der Waals surface area contributed by atoms with Crippen LogP contribution in [-0.2, 0) is 9.53 Å².